The van der Waals surface area contributed by atoms with E-state index in [1.54, 1.807) is 0 Å². The maximum absolute atomic E-state index is 12.1. The summed E-state index contributed by atoms with van der Waals surface area (Å²) in [6, 6.07) is 6.20. The van der Waals surface area contributed by atoms with E-state index in [4.69, 9.17) is 0 Å². The predicted molar refractivity (Wildman–Crippen MR) is 81.6 cm³/mol. The number of carbonyl (C=O) groups excluding carboxylic acids is 1. The van der Waals surface area contributed by atoms with Gasteiger partial charge in [0.05, 0.1) is 6.54 Å². The molecule has 19 heavy (non-hydrogen) atoms. The van der Waals surface area contributed by atoms with Gasteiger partial charge in [0.15, 0.2) is 0 Å². The van der Waals surface area contributed by atoms with Crippen molar-refractivity contribution in [2.24, 2.45) is 0 Å². The van der Waals surface area contributed by atoms with E-state index in [9.17, 15) is 4.79 Å². The quantitative estimate of drug-likeness (QED) is 0.817. The molecule has 0 aromatic heterocycles. The van der Waals surface area contributed by atoms with Gasteiger partial charge in [-0.2, -0.15) is 0 Å². The molecule has 106 valence electrons. The smallest absolute Gasteiger partial charge is 0.241 e. The van der Waals surface area contributed by atoms with Crippen molar-refractivity contribution in [1.29, 1.82) is 0 Å². The Balaban J connectivity index is 2.54. The van der Waals surface area contributed by atoms with Crippen LogP contribution in [0.5, 0.6) is 0 Å². The Hall–Kier alpha value is -1.51. The van der Waals surface area contributed by atoms with Crippen molar-refractivity contribution in [2.45, 2.75) is 40.5 Å². The van der Waals surface area contributed by atoms with Crippen molar-refractivity contribution in [3.05, 3.63) is 29.3 Å². The first-order valence-electron chi connectivity index (χ1n) is 7.17. The van der Waals surface area contributed by atoms with Gasteiger partial charge in [-0.1, -0.05) is 19.9 Å². The highest BCUT2D eigenvalue weighted by atomic mass is 16.2. The fraction of sp³-hybridized carbons (Fsp3) is 0.562. The number of carbonyl (C=O) groups is 1. The van der Waals surface area contributed by atoms with Gasteiger partial charge >= 0.3 is 0 Å². The van der Waals surface area contributed by atoms with Gasteiger partial charge < -0.3 is 10.2 Å². The summed E-state index contributed by atoms with van der Waals surface area (Å²) < 4.78 is 0. The number of hydrogen-bond donors (Lipinski definition) is 1. The molecule has 3 heteroatoms. The molecule has 1 rings (SSSR count). The highest BCUT2D eigenvalue weighted by molar-refractivity contribution is 5.80. The molecule has 0 atom stereocenters. The number of nitrogens with one attached hydrogen (secondary N) is 1. The summed E-state index contributed by atoms with van der Waals surface area (Å²) >= 11 is 0. The van der Waals surface area contributed by atoms with Crippen LogP contribution in [-0.4, -0.2) is 30.4 Å². The Morgan fingerprint density at radius 1 is 1.11 bits per heavy atom. The SMILES string of the molecule is CCCN(CCC)C(=O)CNc1ccc(C)c(C)c1. The Morgan fingerprint density at radius 2 is 1.74 bits per heavy atom. The van der Waals surface area contributed by atoms with Gasteiger partial charge in [0.1, 0.15) is 0 Å². The Kier molecular flexibility index (Phi) is 6.40. The first-order valence-corrected chi connectivity index (χ1v) is 7.17. The van der Waals surface area contributed by atoms with Crippen molar-refractivity contribution in [3.8, 4) is 0 Å². The summed E-state index contributed by atoms with van der Waals surface area (Å²) in [6.45, 7) is 10.5. The standard InChI is InChI=1S/C16H26N2O/c1-5-9-18(10-6-2)16(19)12-17-15-8-7-13(3)14(4)11-15/h7-8,11,17H,5-6,9-10,12H2,1-4H3. The third kappa shape index (κ3) is 4.93. The molecule has 1 aromatic rings. The largest absolute Gasteiger partial charge is 0.376 e. The number of rotatable bonds is 7. The van der Waals surface area contributed by atoms with E-state index in [0.29, 0.717) is 6.54 Å². The zero-order valence-electron chi connectivity index (χ0n) is 12.6. The van der Waals surface area contributed by atoms with Crippen molar-refractivity contribution < 1.29 is 4.79 Å². The molecular formula is C16H26N2O. The molecule has 0 radical (unpaired) electrons. The van der Waals surface area contributed by atoms with Crippen LogP contribution in [0.2, 0.25) is 0 Å². The summed E-state index contributed by atoms with van der Waals surface area (Å²) in [7, 11) is 0. The highest BCUT2D eigenvalue weighted by Crippen LogP contribution is 2.13. The van der Waals surface area contributed by atoms with Crippen LogP contribution >= 0.6 is 0 Å². The summed E-state index contributed by atoms with van der Waals surface area (Å²) in [6.07, 6.45) is 2.02. The normalized spacial score (nSPS) is 10.3. The van der Waals surface area contributed by atoms with E-state index < -0.39 is 0 Å². The third-order valence-corrected chi connectivity index (χ3v) is 3.29. The second kappa shape index (κ2) is 7.82. The molecular weight excluding hydrogens is 236 g/mol. The van der Waals surface area contributed by atoms with Crippen molar-refractivity contribution in [1.82, 2.24) is 4.90 Å². The molecule has 1 aromatic carbocycles. The van der Waals surface area contributed by atoms with Gasteiger partial charge in [0.2, 0.25) is 5.91 Å². The zero-order chi connectivity index (χ0) is 14.3. The Morgan fingerprint density at radius 3 is 2.26 bits per heavy atom. The van der Waals surface area contributed by atoms with Gasteiger partial charge in [-0.15, -0.1) is 0 Å². The van der Waals surface area contributed by atoms with Gasteiger partial charge in [0, 0.05) is 18.8 Å². The Bertz CT molecular complexity index is 409. The van der Waals surface area contributed by atoms with E-state index in [2.05, 4.69) is 45.1 Å². The van der Waals surface area contributed by atoms with Gasteiger partial charge in [-0.05, 0) is 49.9 Å². The lowest BCUT2D eigenvalue weighted by Crippen LogP contribution is -2.36. The molecule has 3 nitrogen and oxygen atoms in total. The average molecular weight is 262 g/mol. The molecule has 1 amide bonds. The molecule has 0 fully saturated rings. The number of anilines is 1. The molecule has 0 aliphatic heterocycles. The maximum Gasteiger partial charge on any atom is 0.241 e. The molecule has 0 spiro atoms. The van der Waals surface area contributed by atoms with Crippen LogP contribution in [0, 0.1) is 13.8 Å². The topological polar surface area (TPSA) is 32.3 Å². The Labute approximate surface area is 117 Å². The monoisotopic (exact) mass is 262 g/mol. The number of nitrogens with zero attached hydrogens (tertiary/aromatic N) is 1. The van der Waals surface area contributed by atoms with Crippen molar-refractivity contribution >= 4 is 11.6 Å². The highest BCUT2D eigenvalue weighted by Gasteiger charge is 2.11. The maximum atomic E-state index is 12.1. The fourth-order valence-electron chi connectivity index (χ4n) is 2.04. The predicted octanol–water partition coefficient (Wildman–Crippen LogP) is 3.36. The molecule has 1 N–H and O–H groups in total. The van der Waals surface area contributed by atoms with Crippen molar-refractivity contribution in [2.75, 3.05) is 25.0 Å². The minimum absolute atomic E-state index is 0.182. The molecule has 0 heterocycles. The molecule has 0 bridgehead atoms. The van der Waals surface area contributed by atoms with E-state index >= 15 is 0 Å². The van der Waals surface area contributed by atoms with Crippen LogP contribution in [-0.2, 0) is 4.79 Å². The van der Waals surface area contributed by atoms with Gasteiger partial charge in [0.25, 0.3) is 0 Å². The van der Waals surface area contributed by atoms with Crippen LogP contribution < -0.4 is 5.32 Å². The first kappa shape index (κ1) is 15.5. The lowest BCUT2D eigenvalue weighted by atomic mass is 10.1. The lowest BCUT2D eigenvalue weighted by Gasteiger charge is -2.22. The van der Waals surface area contributed by atoms with E-state index in [-0.39, 0.29) is 5.91 Å². The van der Waals surface area contributed by atoms with Crippen molar-refractivity contribution in [3.63, 3.8) is 0 Å². The number of amides is 1. The van der Waals surface area contributed by atoms with E-state index in [0.717, 1.165) is 31.6 Å². The second-order valence-corrected chi connectivity index (χ2v) is 5.03. The van der Waals surface area contributed by atoms with Crippen LogP contribution in [0.1, 0.15) is 37.8 Å². The summed E-state index contributed by atoms with van der Waals surface area (Å²) in [5, 5.41) is 3.22. The van der Waals surface area contributed by atoms with Crippen LogP contribution in [0.15, 0.2) is 18.2 Å². The number of hydrogen-bond acceptors (Lipinski definition) is 2. The molecule has 0 aliphatic rings. The molecule has 0 saturated heterocycles. The minimum Gasteiger partial charge on any atom is -0.376 e. The van der Waals surface area contributed by atoms with Crippen LogP contribution in [0.25, 0.3) is 0 Å². The zero-order valence-corrected chi connectivity index (χ0v) is 12.6. The first-order chi connectivity index (χ1) is 9.08. The van der Waals surface area contributed by atoms with Crippen LogP contribution in [0.4, 0.5) is 5.69 Å². The van der Waals surface area contributed by atoms with Crippen LogP contribution in [0.3, 0.4) is 0 Å². The lowest BCUT2D eigenvalue weighted by molar-refractivity contribution is -0.129. The summed E-state index contributed by atoms with van der Waals surface area (Å²) in [5.74, 6) is 0.182. The third-order valence-electron chi connectivity index (χ3n) is 3.29. The van der Waals surface area contributed by atoms with Gasteiger partial charge in [-0.25, -0.2) is 0 Å². The second-order valence-electron chi connectivity index (χ2n) is 5.03. The van der Waals surface area contributed by atoms with E-state index in [1.807, 2.05) is 11.0 Å². The molecule has 0 unspecified atom stereocenters. The van der Waals surface area contributed by atoms with E-state index in [1.165, 1.54) is 11.1 Å². The minimum atomic E-state index is 0.182. The summed E-state index contributed by atoms with van der Waals surface area (Å²) in [5.41, 5.74) is 3.54. The molecule has 0 aliphatic carbocycles. The molecule has 0 saturated carbocycles. The number of benzene rings is 1. The van der Waals surface area contributed by atoms with Gasteiger partial charge in [-0.3, -0.25) is 4.79 Å². The number of aryl methyl sites for hydroxylation is 2. The average Bonchev–Trinajstić information content (AvgIpc) is 2.39. The summed E-state index contributed by atoms with van der Waals surface area (Å²) in [4.78, 5) is 14.1. The fourth-order valence-corrected chi connectivity index (χ4v) is 2.04.